The van der Waals surface area contributed by atoms with Crippen LogP contribution in [0.4, 0.5) is 0 Å². The Morgan fingerprint density at radius 3 is 0.967 bits per heavy atom. The maximum Gasteiger partial charge on any atom is 0.591 e. The zero-order valence-electron chi connectivity index (χ0n) is 40.7. The summed E-state index contributed by atoms with van der Waals surface area (Å²) in [7, 11) is -0.661. The minimum atomic E-state index is -0.259. The molecule has 0 amide bonds. The van der Waals surface area contributed by atoms with E-state index in [-0.39, 0.29) is 39.7 Å². The molecule has 5 aromatic carbocycles. The van der Waals surface area contributed by atoms with Crippen LogP contribution in [0.2, 0.25) is 27.3 Å². The molecule has 0 spiro atoms. The summed E-state index contributed by atoms with van der Waals surface area (Å²) >= 11 is 0. The van der Waals surface area contributed by atoms with Crippen LogP contribution in [0.3, 0.4) is 0 Å². The molecule has 0 saturated carbocycles. The molecule has 0 radical (unpaired) electrons. The standard InChI is InChI=1S/C13H11BO2.C11H9BO2.C8H17BO2.C7H7BO2.5C2H6/c1-14-15-12-8-4-2-6-10(12)11-7-3-5-9-13(11)16-14;1-12-13-9-6-2-4-8-5-3-7-10(14-12)11(8)9;1-7(2)6-8(3,4)11-9(5)10-7;1-8-9-6-4-2-3-5-7(6)10-8;5*1-2/h2-9H,1H3;2-7H,1H3;6H2,1-5H3;2-5H,1H3;5*1-2H3. The molecule has 0 aliphatic carbocycles. The summed E-state index contributed by atoms with van der Waals surface area (Å²) in [6.07, 6.45) is 0.949. The van der Waals surface area contributed by atoms with Crippen LogP contribution in [0.25, 0.3) is 21.9 Å². The number of benzene rings is 5. The molecule has 0 N–H and O–H groups in total. The van der Waals surface area contributed by atoms with Crippen molar-refractivity contribution in [1.29, 1.82) is 0 Å². The van der Waals surface area contributed by atoms with E-state index in [4.69, 9.17) is 37.2 Å². The number of fused-ring (bicyclic) bond motifs is 4. The Balaban J connectivity index is 0.000000385. The molecule has 4 aliphatic heterocycles. The maximum atomic E-state index is 5.72. The van der Waals surface area contributed by atoms with Gasteiger partial charge in [0.05, 0.1) is 16.6 Å². The Morgan fingerprint density at radius 2 is 0.623 bits per heavy atom. The minimum Gasteiger partial charge on any atom is -0.525 e. The minimum absolute atomic E-state index is 0.0405. The van der Waals surface area contributed by atoms with E-state index in [9.17, 15) is 0 Å². The van der Waals surface area contributed by atoms with Crippen LogP contribution < -0.4 is 27.9 Å². The van der Waals surface area contributed by atoms with Crippen LogP contribution in [0.15, 0.2) is 109 Å². The molecule has 330 valence electrons. The van der Waals surface area contributed by atoms with Crippen molar-refractivity contribution in [1.82, 2.24) is 0 Å². The average molecular weight is 834 g/mol. The topological polar surface area (TPSA) is 73.8 Å². The van der Waals surface area contributed by atoms with E-state index in [0.717, 1.165) is 62.8 Å². The lowest BCUT2D eigenvalue weighted by atomic mass is 9.81. The van der Waals surface area contributed by atoms with Gasteiger partial charge in [-0.2, -0.15) is 0 Å². The molecule has 5 aromatic rings. The van der Waals surface area contributed by atoms with Gasteiger partial charge in [-0.3, -0.25) is 0 Å². The maximum absolute atomic E-state index is 5.72. The smallest absolute Gasteiger partial charge is 0.525 e. The molecule has 0 aromatic heterocycles. The van der Waals surface area contributed by atoms with E-state index in [1.165, 1.54) is 0 Å². The zero-order chi connectivity index (χ0) is 46.2. The first-order chi connectivity index (χ1) is 29.4. The highest BCUT2D eigenvalue weighted by Gasteiger charge is 2.40. The molecular formula is C49H74B4O8. The fourth-order valence-electron chi connectivity index (χ4n) is 6.87. The SMILES string of the molecule is CB1OC(C)(C)CC(C)(C)O1.CB1Oc2cccc3cccc(c23)O1.CB1Oc2ccccc2-c2ccccc2O1.CB1Oc2ccccc2O1.CC.CC.CC.CC.CC. The summed E-state index contributed by atoms with van der Waals surface area (Å²) in [6.45, 7) is 36.0. The van der Waals surface area contributed by atoms with Crippen molar-refractivity contribution in [2.24, 2.45) is 0 Å². The Kier molecular flexibility index (Phi) is 25.0. The summed E-state index contributed by atoms with van der Waals surface area (Å²) in [5.41, 5.74) is 2.09. The number of rotatable bonds is 0. The molecule has 4 heterocycles. The quantitative estimate of drug-likeness (QED) is 0.143. The number of para-hydroxylation sites is 4. The van der Waals surface area contributed by atoms with E-state index in [1.54, 1.807) is 0 Å². The fourth-order valence-corrected chi connectivity index (χ4v) is 6.87. The molecule has 0 unspecified atom stereocenters. The van der Waals surface area contributed by atoms with Crippen molar-refractivity contribution < 1.29 is 37.2 Å². The third-order valence-electron chi connectivity index (χ3n) is 8.32. The van der Waals surface area contributed by atoms with Gasteiger partial charge >= 0.3 is 28.5 Å². The van der Waals surface area contributed by atoms with Gasteiger partial charge in [0.2, 0.25) is 0 Å². The van der Waals surface area contributed by atoms with Gasteiger partial charge < -0.3 is 37.2 Å². The summed E-state index contributed by atoms with van der Waals surface area (Å²) in [5.74, 6) is 5.26. The Hall–Kier alpha value is -4.66. The van der Waals surface area contributed by atoms with E-state index >= 15 is 0 Å². The van der Waals surface area contributed by atoms with Crippen molar-refractivity contribution >= 4 is 39.2 Å². The first-order valence-electron chi connectivity index (χ1n) is 22.5. The first kappa shape index (κ1) is 54.4. The second-order valence-electron chi connectivity index (χ2n) is 14.0. The normalized spacial score (nSPS) is 14.5. The van der Waals surface area contributed by atoms with Crippen molar-refractivity contribution in [3.8, 4) is 45.6 Å². The molecule has 1 saturated heterocycles. The van der Waals surface area contributed by atoms with E-state index in [1.807, 2.05) is 181 Å². The second-order valence-corrected chi connectivity index (χ2v) is 14.0. The van der Waals surface area contributed by atoms with Gasteiger partial charge in [0, 0.05) is 17.5 Å². The van der Waals surface area contributed by atoms with Crippen molar-refractivity contribution in [2.45, 2.75) is 142 Å². The lowest BCUT2D eigenvalue weighted by Gasteiger charge is -2.43. The van der Waals surface area contributed by atoms with Crippen LogP contribution in [0.1, 0.15) is 103 Å². The van der Waals surface area contributed by atoms with Crippen LogP contribution >= 0.6 is 0 Å². The summed E-state index contributed by atoms with van der Waals surface area (Å²) in [4.78, 5) is 0. The van der Waals surface area contributed by atoms with Crippen LogP contribution in [-0.4, -0.2) is 39.7 Å². The monoisotopic (exact) mass is 835 g/mol. The highest BCUT2D eigenvalue weighted by molar-refractivity contribution is 6.46. The van der Waals surface area contributed by atoms with E-state index < -0.39 is 0 Å². The molecule has 61 heavy (non-hydrogen) atoms. The highest BCUT2D eigenvalue weighted by atomic mass is 16.6. The van der Waals surface area contributed by atoms with Gasteiger partial charge in [0.1, 0.15) is 34.5 Å². The largest absolute Gasteiger partial charge is 0.591 e. The summed E-state index contributed by atoms with van der Waals surface area (Å²) in [6, 6.07) is 35.7. The lowest BCUT2D eigenvalue weighted by Crippen LogP contribution is -2.50. The molecule has 4 aliphatic rings. The van der Waals surface area contributed by atoms with Gasteiger partial charge in [-0.15, -0.1) is 0 Å². The van der Waals surface area contributed by atoms with Crippen molar-refractivity contribution in [2.75, 3.05) is 0 Å². The van der Waals surface area contributed by atoms with Crippen molar-refractivity contribution in [3.63, 3.8) is 0 Å². The molecule has 1 fully saturated rings. The van der Waals surface area contributed by atoms with Crippen molar-refractivity contribution in [3.05, 3.63) is 109 Å². The zero-order valence-corrected chi connectivity index (χ0v) is 40.7. The van der Waals surface area contributed by atoms with Gasteiger partial charge in [-0.1, -0.05) is 142 Å². The molecule has 8 nitrogen and oxygen atoms in total. The van der Waals surface area contributed by atoms with Gasteiger partial charge in [0.25, 0.3) is 0 Å². The Bertz CT molecular complexity index is 1830. The second kappa shape index (κ2) is 28.0. The average Bonchev–Trinajstić information content (AvgIpc) is 3.57. The first-order valence-corrected chi connectivity index (χ1v) is 22.5. The third-order valence-corrected chi connectivity index (χ3v) is 8.32. The van der Waals surface area contributed by atoms with Crippen LogP contribution in [0, 0.1) is 0 Å². The Labute approximate surface area is 371 Å². The fraction of sp³-hybridized carbons (Fsp3) is 0.429. The van der Waals surface area contributed by atoms with Gasteiger partial charge in [0.15, 0.2) is 0 Å². The summed E-state index contributed by atoms with van der Waals surface area (Å²) in [5, 5.41) is 2.24. The van der Waals surface area contributed by atoms with Gasteiger partial charge in [-0.25, -0.2) is 0 Å². The van der Waals surface area contributed by atoms with E-state index in [0.29, 0.717) is 0 Å². The predicted octanol–water partition coefficient (Wildman–Crippen LogP) is 14.8. The molecular weight excluding hydrogens is 760 g/mol. The lowest BCUT2D eigenvalue weighted by molar-refractivity contribution is -0.0744. The third kappa shape index (κ3) is 17.0. The summed E-state index contributed by atoms with van der Waals surface area (Å²) < 4.78 is 44.3. The van der Waals surface area contributed by atoms with E-state index in [2.05, 4.69) is 52.0 Å². The van der Waals surface area contributed by atoms with Gasteiger partial charge in [-0.05, 0) is 96.8 Å². The Morgan fingerprint density at radius 1 is 0.344 bits per heavy atom. The molecule has 9 rings (SSSR count). The predicted molar refractivity (Wildman–Crippen MR) is 264 cm³/mol. The van der Waals surface area contributed by atoms with Crippen LogP contribution in [0.5, 0.6) is 34.5 Å². The molecule has 0 atom stereocenters. The highest BCUT2D eigenvalue weighted by Crippen LogP contribution is 2.40. The number of hydrogen-bond donors (Lipinski definition) is 0. The molecule has 0 bridgehead atoms. The van der Waals surface area contributed by atoms with Crippen LogP contribution in [-0.2, 0) is 9.31 Å². The molecule has 12 heteroatoms. The number of hydrogen-bond acceptors (Lipinski definition) is 8.